The number of carbonyl (C=O) groups excluding carboxylic acids is 1. The van der Waals surface area contributed by atoms with Gasteiger partial charge >= 0.3 is 0 Å². The second-order valence-electron chi connectivity index (χ2n) is 7.97. The zero-order valence-corrected chi connectivity index (χ0v) is 18.3. The molecule has 4 nitrogen and oxygen atoms in total. The van der Waals surface area contributed by atoms with Crippen molar-refractivity contribution in [3.05, 3.63) is 65.3 Å². The number of halogens is 1. The smallest absolute Gasteiger partial charge is 0.164 e. The summed E-state index contributed by atoms with van der Waals surface area (Å²) < 4.78 is 8.34. The van der Waals surface area contributed by atoms with Crippen molar-refractivity contribution >= 4 is 28.3 Å². The fourth-order valence-corrected chi connectivity index (χ4v) is 4.46. The molecule has 1 aliphatic heterocycles. The monoisotopic (exact) mass is 424 g/mol. The molecule has 3 aromatic rings. The van der Waals surface area contributed by atoms with E-state index in [0.29, 0.717) is 11.4 Å². The van der Waals surface area contributed by atoms with Gasteiger partial charge in [-0.2, -0.15) is 0 Å². The molecule has 0 unspecified atom stereocenters. The molecule has 2 aromatic carbocycles. The maximum absolute atomic E-state index is 12.3. The second kappa shape index (κ2) is 9.67. The summed E-state index contributed by atoms with van der Waals surface area (Å²) in [6.07, 6.45) is 5.92. The van der Waals surface area contributed by atoms with Gasteiger partial charge in [0.05, 0.1) is 5.02 Å². The van der Waals surface area contributed by atoms with E-state index in [0.717, 1.165) is 67.7 Å². The van der Waals surface area contributed by atoms with Gasteiger partial charge in [-0.3, -0.25) is 4.79 Å². The highest BCUT2D eigenvalue weighted by atomic mass is 35.5. The van der Waals surface area contributed by atoms with Crippen LogP contribution in [0.5, 0.6) is 5.75 Å². The molecule has 158 valence electrons. The van der Waals surface area contributed by atoms with Crippen LogP contribution in [-0.2, 0) is 6.54 Å². The van der Waals surface area contributed by atoms with E-state index in [4.69, 9.17) is 16.3 Å². The van der Waals surface area contributed by atoms with E-state index in [1.807, 2.05) is 49.5 Å². The number of ether oxygens (including phenoxy) is 1. The molecule has 1 fully saturated rings. The van der Waals surface area contributed by atoms with Gasteiger partial charge in [-0.05, 0) is 44.0 Å². The molecule has 0 bridgehead atoms. The number of benzene rings is 2. The van der Waals surface area contributed by atoms with Crippen molar-refractivity contribution in [2.75, 3.05) is 19.6 Å². The minimum atomic E-state index is 0.213. The number of aromatic nitrogens is 1. The average molecular weight is 425 g/mol. The second-order valence-corrected chi connectivity index (χ2v) is 8.38. The predicted molar refractivity (Wildman–Crippen MR) is 123 cm³/mol. The molecule has 0 saturated carbocycles. The minimum absolute atomic E-state index is 0.213. The number of likely N-dealkylation sites (tertiary alicyclic amines) is 1. The summed E-state index contributed by atoms with van der Waals surface area (Å²) in [6, 6.07) is 15.9. The SMILES string of the molecule is CCC(=O)c1cn(CCCN2CCC(Oc3ccccc3Cl)CC2)c2ccccc12. The fraction of sp³-hybridized carbons (Fsp3) is 0.400. The standard InChI is InChI=1S/C25H29ClN2O2/c1-2-24(29)21-18-28(23-10-5-3-8-20(21)23)15-7-14-27-16-12-19(13-17-27)30-25-11-6-4-9-22(25)26/h3-6,8-11,18-19H,2,7,12-17H2,1H3. The molecule has 0 spiro atoms. The van der Waals surface area contributed by atoms with Crippen LogP contribution in [0, 0.1) is 0 Å². The number of Topliss-reactive ketones (excluding diaryl/α,β-unsaturated/α-hetero) is 1. The van der Waals surface area contributed by atoms with E-state index in [1.54, 1.807) is 0 Å². The Morgan fingerprint density at radius 3 is 2.57 bits per heavy atom. The Morgan fingerprint density at radius 1 is 1.07 bits per heavy atom. The third-order valence-electron chi connectivity index (χ3n) is 5.95. The largest absolute Gasteiger partial charge is 0.489 e. The summed E-state index contributed by atoms with van der Waals surface area (Å²) in [4.78, 5) is 14.8. The van der Waals surface area contributed by atoms with E-state index in [1.165, 1.54) is 0 Å². The molecular formula is C25H29ClN2O2. The van der Waals surface area contributed by atoms with E-state index in [-0.39, 0.29) is 11.9 Å². The van der Waals surface area contributed by atoms with Crippen LogP contribution < -0.4 is 4.74 Å². The predicted octanol–water partition coefficient (Wildman–Crippen LogP) is 5.82. The molecule has 0 atom stereocenters. The molecular weight excluding hydrogens is 396 g/mol. The average Bonchev–Trinajstić information content (AvgIpc) is 3.15. The molecule has 30 heavy (non-hydrogen) atoms. The Bertz CT molecular complexity index is 1010. The Kier molecular flexibility index (Phi) is 6.76. The number of ketones is 1. The number of fused-ring (bicyclic) bond motifs is 1. The minimum Gasteiger partial charge on any atom is -0.489 e. The maximum atomic E-state index is 12.3. The summed E-state index contributed by atoms with van der Waals surface area (Å²) in [7, 11) is 0. The molecule has 0 radical (unpaired) electrons. The first-order chi connectivity index (χ1) is 14.7. The van der Waals surface area contributed by atoms with Gasteiger partial charge in [-0.15, -0.1) is 0 Å². The lowest BCUT2D eigenvalue weighted by atomic mass is 10.1. The molecule has 0 amide bonds. The Balaban J connectivity index is 1.29. The number of carbonyl (C=O) groups is 1. The number of nitrogens with zero attached hydrogens (tertiary/aromatic N) is 2. The van der Waals surface area contributed by atoms with E-state index in [9.17, 15) is 4.79 Å². The Labute approximate surface area is 183 Å². The number of para-hydroxylation sites is 2. The van der Waals surface area contributed by atoms with Crippen molar-refractivity contribution in [2.24, 2.45) is 0 Å². The van der Waals surface area contributed by atoms with Gasteiger partial charge in [0.15, 0.2) is 5.78 Å². The number of hydrogen-bond acceptors (Lipinski definition) is 3. The van der Waals surface area contributed by atoms with E-state index >= 15 is 0 Å². The van der Waals surface area contributed by atoms with Crippen molar-refractivity contribution in [3.8, 4) is 5.75 Å². The first-order valence-electron chi connectivity index (χ1n) is 10.9. The van der Waals surface area contributed by atoms with Crippen molar-refractivity contribution < 1.29 is 9.53 Å². The molecule has 2 heterocycles. The molecule has 0 N–H and O–H groups in total. The van der Waals surface area contributed by atoms with Gasteiger partial charge in [0.1, 0.15) is 11.9 Å². The van der Waals surface area contributed by atoms with Crippen molar-refractivity contribution in [1.82, 2.24) is 9.47 Å². The van der Waals surface area contributed by atoms with Crippen LogP contribution in [0.4, 0.5) is 0 Å². The third kappa shape index (κ3) is 4.71. The van der Waals surface area contributed by atoms with Gasteiger partial charge in [0.2, 0.25) is 0 Å². The number of aryl methyl sites for hydroxylation is 1. The number of hydrogen-bond donors (Lipinski definition) is 0. The highest BCUT2D eigenvalue weighted by Crippen LogP contribution is 2.27. The molecule has 4 rings (SSSR count). The zero-order chi connectivity index (χ0) is 20.9. The van der Waals surface area contributed by atoms with E-state index in [2.05, 4.69) is 21.6 Å². The van der Waals surface area contributed by atoms with E-state index < -0.39 is 0 Å². The highest BCUT2D eigenvalue weighted by molar-refractivity contribution is 6.32. The Morgan fingerprint density at radius 2 is 1.80 bits per heavy atom. The van der Waals surface area contributed by atoms with Crippen molar-refractivity contribution in [1.29, 1.82) is 0 Å². The molecule has 1 aromatic heterocycles. The van der Waals surface area contributed by atoms with Crippen LogP contribution in [0.2, 0.25) is 5.02 Å². The molecule has 1 aliphatic rings. The van der Waals surface area contributed by atoms with Gasteiger partial charge in [-0.1, -0.05) is 48.9 Å². The summed E-state index contributed by atoms with van der Waals surface area (Å²) in [5.41, 5.74) is 2.01. The van der Waals surface area contributed by atoms with Crippen LogP contribution >= 0.6 is 11.6 Å². The lowest BCUT2D eigenvalue weighted by Crippen LogP contribution is -2.39. The normalized spacial score (nSPS) is 15.5. The van der Waals surface area contributed by atoms with Crippen LogP contribution in [0.3, 0.4) is 0 Å². The molecule has 1 saturated heterocycles. The summed E-state index contributed by atoms with van der Waals surface area (Å²) >= 11 is 6.21. The summed E-state index contributed by atoms with van der Waals surface area (Å²) in [5.74, 6) is 1.00. The fourth-order valence-electron chi connectivity index (χ4n) is 4.28. The van der Waals surface area contributed by atoms with Crippen LogP contribution in [-0.4, -0.2) is 41.0 Å². The van der Waals surface area contributed by atoms with Gasteiger partial charge < -0.3 is 14.2 Å². The first-order valence-corrected chi connectivity index (χ1v) is 11.3. The quantitative estimate of drug-likeness (QED) is 0.427. The summed E-state index contributed by atoms with van der Waals surface area (Å²) in [6.45, 7) is 5.99. The van der Waals surface area contributed by atoms with Crippen LogP contribution in [0.15, 0.2) is 54.7 Å². The van der Waals surface area contributed by atoms with Crippen LogP contribution in [0.25, 0.3) is 10.9 Å². The van der Waals surface area contributed by atoms with Gasteiger partial charge in [0, 0.05) is 48.7 Å². The molecule has 5 heteroatoms. The highest BCUT2D eigenvalue weighted by Gasteiger charge is 2.21. The maximum Gasteiger partial charge on any atom is 0.164 e. The number of rotatable bonds is 8. The van der Waals surface area contributed by atoms with Gasteiger partial charge in [-0.25, -0.2) is 0 Å². The van der Waals surface area contributed by atoms with Gasteiger partial charge in [0.25, 0.3) is 0 Å². The topological polar surface area (TPSA) is 34.5 Å². The molecule has 0 aliphatic carbocycles. The summed E-state index contributed by atoms with van der Waals surface area (Å²) in [5, 5.41) is 1.75. The zero-order valence-electron chi connectivity index (χ0n) is 17.5. The third-order valence-corrected chi connectivity index (χ3v) is 6.26. The Hall–Kier alpha value is -2.30. The first kappa shape index (κ1) is 21.0. The lowest BCUT2D eigenvalue weighted by Gasteiger charge is -2.32. The van der Waals surface area contributed by atoms with Crippen LogP contribution in [0.1, 0.15) is 43.0 Å². The van der Waals surface area contributed by atoms with Crippen molar-refractivity contribution in [2.45, 2.75) is 45.3 Å². The van der Waals surface area contributed by atoms with Crippen molar-refractivity contribution in [3.63, 3.8) is 0 Å². The number of piperidine rings is 1. The lowest BCUT2D eigenvalue weighted by molar-refractivity contribution is 0.0989.